The standard InChI is InChI=1S/C11H14FNO/c1-3-6-13-11-5-4-9(8(2)14)7-10(11)12/h4-5,7,13H,3,6H2,1-2H3. The van der Waals surface area contributed by atoms with Crippen molar-refractivity contribution >= 4 is 11.5 Å². The van der Waals surface area contributed by atoms with E-state index in [0.717, 1.165) is 13.0 Å². The largest absolute Gasteiger partial charge is 0.383 e. The first-order valence-electron chi connectivity index (χ1n) is 4.69. The van der Waals surface area contributed by atoms with Crippen LogP contribution in [0.4, 0.5) is 10.1 Å². The summed E-state index contributed by atoms with van der Waals surface area (Å²) in [4.78, 5) is 10.9. The Morgan fingerprint density at radius 1 is 1.50 bits per heavy atom. The second-order valence-corrected chi connectivity index (χ2v) is 3.18. The highest BCUT2D eigenvalue weighted by atomic mass is 19.1. The lowest BCUT2D eigenvalue weighted by Crippen LogP contribution is -2.03. The molecule has 76 valence electrons. The van der Waals surface area contributed by atoms with Gasteiger partial charge in [0.1, 0.15) is 5.82 Å². The van der Waals surface area contributed by atoms with E-state index < -0.39 is 0 Å². The predicted molar refractivity (Wildman–Crippen MR) is 55.2 cm³/mol. The van der Waals surface area contributed by atoms with Crippen molar-refractivity contribution in [3.8, 4) is 0 Å². The molecule has 1 rings (SSSR count). The van der Waals surface area contributed by atoms with Gasteiger partial charge in [0, 0.05) is 12.1 Å². The lowest BCUT2D eigenvalue weighted by atomic mass is 10.1. The maximum atomic E-state index is 13.3. The van der Waals surface area contributed by atoms with Gasteiger partial charge in [-0.2, -0.15) is 0 Å². The predicted octanol–water partition coefficient (Wildman–Crippen LogP) is 2.85. The number of carbonyl (C=O) groups excluding carboxylic acids is 1. The number of Topliss-reactive ketones (excluding diaryl/α,β-unsaturated/α-hetero) is 1. The van der Waals surface area contributed by atoms with Crippen molar-refractivity contribution in [3.05, 3.63) is 29.6 Å². The van der Waals surface area contributed by atoms with E-state index >= 15 is 0 Å². The lowest BCUT2D eigenvalue weighted by molar-refractivity contribution is 0.101. The van der Waals surface area contributed by atoms with E-state index in [1.54, 1.807) is 12.1 Å². The molecule has 0 fully saturated rings. The monoisotopic (exact) mass is 195 g/mol. The van der Waals surface area contributed by atoms with Crippen molar-refractivity contribution in [3.63, 3.8) is 0 Å². The summed E-state index contributed by atoms with van der Waals surface area (Å²) >= 11 is 0. The normalized spacial score (nSPS) is 9.93. The van der Waals surface area contributed by atoms with Crippen LogP contribution in [0.3, 0.4) is 0 Å². The Balaban J connectivity index is 2.84. The average molecular weight is 195 g/mol. The molecule has 1 aromatic carbocycles. The van der Waals surface area contributed by atoms with Crippen molar-refractivity contribution in [1.82, 2.24) is 0 Å². The van der Waals surface area contributed by atoms with Gasteiger partial charge in [-0.1, -0.05) is 6.92 Å². The number of ketones is 1. The van der Waals surface area contributed by atoms with Crippen molar-refractivity contribution in [2.24, 2.45) is 0 Å². The van der Waals surface area contributed by atoms with Gasteiger partial charge in [-0.25, -0.2) is 4.39 Å². The van der Waals surface area contributed by atoms with Crippen LogP contribution in [-0.4, -0.2) is 12.3 Å². The molecule has 0 aliphatic heterocycles. The number of hydrogen-bond donors (Lipinski definition) is 1. The first kappa shape index (κ1) is 10.7. The number of hydrogen-bond acceptors (Lipinski definition) is 2. The van der Waals surface area contributed by atoms with Crippen LogP contribution in [0, 0.1) is 5.82 Å². The zero-order chi connectivity index (χ0) is 10.6. The third-order valence-electron chi connectivity index (χ3n) is 1.94. The number of nitrogens with one attached hydrogen (secondary N) is 1. The molecule has 1 aromatic rings. The molecule has 0 radical (unpaired) electrons. The summed E-state index contributed by atoms with van der Waals surface area (Å²) in [5.41, 5.74) is 0.862. The van der Waals surface area contributed by atoms with E-state index in [9.17, 15) is 9.18 Å². The summed E-state index contributed by atoms with van der Waals surface area (Å²) in [6, 6.07) is 4.49. The van der Waals surface area contributed by atoms with Gasteiger partial charge in [0.25, 0.3) is 0 Å². The number of rotatable bonds is 4. The SMILES string of the molecule is CCCNc1ccc(C(C)=O)cc1F. The Morgan fingerprint density at radius 3 is 2.71 bits per heavy atom. The van der Waals surface area contributed by atoms with Gasteiger partial charge in [0.2, 0.25) is 0 Å². The number of anilines is 1. The molecule has 3 heteroatoms. The van der Waals surface area contributed by atoms with E-state index in [0.29, 0.717) is 11.3 Å². The van der Waals surface area contributed by atoms with Gasteiger partial charge in [0.15, 0.2) is 5.78 Å². The fraction of sp³-hybridized carbons (Fsp3) is 0.364. The molecule has 0 saturated heterocycles. The van der Waals surface area contributed by atoms with E-state index in [2.05, 4.69) is 5.32 Å². The molecule has 0 unspecified atom stereocenters. The zero-order valence-electron chi connectivity index (χ0n) is 8.43. The van der Waals surface area contributed by atoms with Crippen LogP contribution >= 0.6 is 0 Å². The van der Waals surface area contributed by atoms with Crippen LogP contribution in [0.1, 0.15) is 30.6 Å². The van der Waals surface area contributed by atoms with Gasteiger partial charge in [0.05, 0.1) is 5.69 Å². The lowest BCUT2D eigenvalue weighted by Gasteiger charge is -2.06. The second kappa shape index (κ2) is 4.74. The summed E-state index contributed by atoms with van der Waals surface area (Å²) in [6.07, 6.45) is 0.938. The third kappa shape index (κ3) is 2.55. The fourth-order valence-corrected chi connectivity index (χ4v) is 1.14. The van der Waals surface area contributed by atoms with Gasteiger partial charge in [-0.3, -0.25) is 4.79 Å². The topological polar surface area (TPSA) is 29.1 Å². The van der Waals surface area contributed by atoms with Crippen LogP contribution in [0.25, 0.3) is 0 Å². The van der Waals surface area contributed by atoms with E-state index in [4.69, 9.17) is 0 Å². The van der Waals surface area contributed by atoms with Crippen LogP contribution < -0.4 is 5.32 Å². The maximum absolute atomic E-state index is 13.3. The smallest absolute Gasteiger partial charge is 0.159 e. The van der Waals surface area contributed by atoms with Crippen LogP contribution in [0.2, 0.25) is 0 Å². The summed E-state index contributed by atoms with van der Waals surface area (Å²) in [5, 5.41) is 2.94. The Hall–Kier alpha value is -1.38. The van der Waals surface area contributed by atoms with E-state index in [1.807, 2.05) is 6.92 Å². The third-order valence-corrected chi connectivity index (χ3v) is 1.94. The van der Waals surface area contributed by atoms with Crippen molar-refractivity contribution in [2.75, 3.05) is 11.9 Å². The molecule has 14 heavy (non-hydrogen) atoms. The number of benzene rings is 1. The molecule has 0 spiro atoms. The summed E-state index contributed by atoms with van der Waals surface area (Å²) < 4.78 is 13.3. The van der Waals surface area contributed by atoms with E-state index in [1.165, 1.54) is 13.0 Å². The van der Waals surface area contributed by atoms with Crippen molar-refractivity contribution < 1.29 is 9.18 Å². The highest BCUT2D eigenvalue weighted by Gasteiger charge is 2.05. The molecule has 1 N–H and O–H groups in total. The first-order valence-corrected chi connectivity index (χ1v) is 4.69. The zero-order valence-corrected chi connectivity index (χ0v) is 8.43. The second-order valence-electron chi connectivity index (χ2n) is 3.18. The Morgan fingerprint density at radius 2 is 2.21 bits per heavy atom. The minimum atomic E-state index is -0.369. The number of halogens is 1. The molecular formula is C11H14FNO. The van der Waals surface area contributed by atoms with Gasteiger partial charge >= 0.3 is 0 Å². The highest BCUT2D eigenvalue weighted by molar-refractivity contribution is 5.94. The molecule has 0 amide bonds. The van der Waals surface area contributed by atoms with E-state index in [-0.39, 0.29) is 11.6 Å². The highest BCUT2D eigenvalue weighted by Crippen LogP contribution is 2.15. The molecule has 2 nitrogen and oxygen atoms in total. The summed E-state index contributed by atoms with van der Waals surface area (Å²) in [7, 11) is 0. The van der Waals surface area contributed by atoms with Crippen LogP contribution in [-0.2, 0) is 0 Å². The number of carbonyl (C=O) groups is 1. The molecule has 0 aromatic heterocycles. The Labute approximate surface area is 83.1 Å². The molecule has 0 atom stereocenters. The fourth-order valence-electron chi connectivity index (χ4n) is 1.14. The summed E-state index contributed by atoms with van der Waals surface area (Å²) in [6.45, 7) is 4.17. The summed E-state index contributed by atoms with van der Waals surface area (Å²) in [5.74, 6) is -0.489. The van der Waals surface area contributed by atoms with Crippen LogP contribution in [0.15, 0.2) is 18.2 Å². The molecule has 0 heterocycles. The molecular weight excluding hydrogens is 181 g/mol. The maximum Gasteiger partial charge on any atom is 0.159 e. The Kier molecular flexibility index (Phi) is 3.63. The quantitative estimate of drug-likeness (QED) is 0.748. The minimum absolute atomic E-state index is 0.119. The first-order chi connectivity index (χ1) is 6.65. The molecule has 0 aliphatic rings. The van der Waals surface area contributed by atoms with Gasteiger partial charge < -0.3 is 5.32 Å². The molecule has 0 saturated carbocycles. The van der Waals surface area contributed by atoms with Gasteiger partial charge in [-0.15, -0.1) is 0 Å². The van der Waals surface area contributed by atoms with Crippen LogP contribution in [0.5, 0.6) is 0 Å². The molecule has 0 aliphatic carbocycles. The van der Waals surface area contributed by atoms with Crippen molar-refractivity contribution in [1.29, 1.82) is 0 Å². The van der Waals surface area contributed by atoms with Gasteiger partial charge in [-0.05, 0) is 31.5 Å². The average Bonchev–Trinajstić information content (AvgIpc) is 2.15. The minimum Gasteiger partial charge on any atom is -0.383 e. The van der Waals surface area contributed by atoms with Crippen molar-refractivity contribution in [2.45, 2.75) is 20.3 Å². The molecule has 0 bridgehead atoms. The Bertz CT molecular complexity index is 336.